The Morgan fingerprint density at radius 2 is 1.51 bits per heavy atom. The number of hydrogen-bond donors (Lipinski definition) is 0. The molecule has 0 N–H and O–H groups in total. The van der Waals surface area contributed by atoms with E-state index in [0.29, 0.717) is 24.3 Å². The first-order valence-electron chi connectivity index (χ1n) is 14.0. The summed E-state index contributed by atoms with van der Waals surface area (Å²) in [5.74, 6) is 0.378. The highest BCUT2D eigenvalue weighted by Crippen LogP contribution is 2.37. The van der Waals surface area contributed by atoms with E-state index in [1.807, 2.05) is 30.3 Å². The maximum Gasteiger partial charge on any atom is 0.262 e. The van der Waals surface area contributed by atoms with Crippen LogP contribution in [0.5, 0.6) is 5.75 Å². The molecule has 2 aromatic rings. The number of carbonyl (C=O) groups excluding carboxylic acids is 2. The maximum absolute atomic E-state index is 13.2. The molecule has 39 heavy (non-hydrogen) atoms. The second-order valence-electron chi connectivity index (χ2n) is 11.7. The average molecular weight is 552 g/mol. The molecule has 0 fully saturated rings. The Balaban J connectivity index is 1.46. The van der Waals surface area contributed by atoms with Gasteiger partial charge in [-0.1, -0.05) is 70.0 Å². The summed E-state index contributed by atoms with van der Waals surface area (Å²) in [4.78, 5) is 27.7. The Morgan fingerprint density at radius 3 is 2.10 bits per heavy atom. The van der Waals surface area contributed by atoms with Crippen LogP contribution in [-0.2, 0) is 15.8 Å². The van der Waals surface area contributed by atoms with Crippen molar-refractivity contribution in [1.29, 1.82) is 0 Å². The van der Waals surface area contributed by atoms with E-state index in [1.165, 1.54) is 4.90 Å². The van der Waals surface area contributed by atoms with Gasteiger partial charge in [-0.15, -0.1) is 0 Å². The van der Waals surface area contributed by atoms with Crippen molar-refractivity contribution in [2.24, 2.45) is 0 Å². The van der Waals surface area contributed by atoms with Crippen LogP contribution in [0, 0.1) is 0 Å². The number of carbonyl (C=O) groups is 2. The minimum Gasteiger partial charge on any atom is -0.497 e. The molecule has 212 valence electrons. The van der Waals surface area contributed by atoms with Gasteiger partial charge in [0.05, 0.1) is 37.5 Å². The number of amides is 2. The Labute approximate surface area is 235 Å². The van der Waals surface area contributed by atoms with E-state index in [-0.39, 0.29) is 16.9 Å². The number of methoxy groups -OCH3 is 1. The molecule has 0 saturated heterocycles. The fourth-order valence-electron chi connectivity index (χ4n) is 4.22. The highest BCUT2D eigenvalue weighted by molar-refractivity contribution is 6.74. The third kappa shape index (κ3) is 8.37. The second-order valence-corrected chi connectivity index (χ2v) is 16.5. The Kier molecular flexibility index (Phi) is 11.1. The molecule has 7 heteroatoms. The summed E-state index contributed by atoms with van der Waals surface area (Å²) < 4.78 is 17.4. The van der Waals surface area contributed by atoms with E-state index < -0.39 is 14.4 Å². The Bertz CT molecular complexity index is 1090. The van der Waals surface area contributed by atoms with Crippen LogP contribution in [0.1, 0.15) is 79.2 Å². The predicted molar refractivity (Wildman–Crippen MR) is 159 cm³/mol. The van der Waals surface area contributed by atoms with Crippen LogP contribution in [-0.4, -0.2) is 51.4 Å². The van der Waals surface area contributed by atoms with Gasteiger partial charge < -0.3 is 13.9 Å². The first kappa shape index (κ1) is 30.8. The van der Waals surface area contributed by atoms with Crippen molar-refractivity contribution in [3.63, 3.8) is 0 Å². The lowest BCUT2D eigenvalue weighted by atomic mass is 10.1. The molecule has 0 aromatic heterocycles. The zero-order valence-electron chi connectivity index (χ0n) is 24.5. The summed E-state index contributed by atoms with van der Waals surface area (Å²) in [6.07, 6.45) is 9.27. The lowest BCUT2D eigenvalue weighted by Crippen LogP contribution is -2.47. The molecule has 0 bridgehead atoms. The lowest BCUT2D eigenvalue weighted by Gasteiger charge is -2.38. The number of hydrogen-bond acceptors (Lipinski definition) is 5. The first-order valence-corrected chi connectivity index (χ1v) is 16.9. The van der Waals surface area contributed by atoms with Gasteiger partial charge in [0.2, 0.25) is 0 Å². The van der Waals surface area contributed by atoms with E-state index in [2.05, 4.69) is 39.9 Å². The molecule has 1 aliphatic rings. The summed E-state index contributed by atoms with van der Waals surface area (Å²) in [5.41, 5.74) is 2.09. The van der Waals surface area contributed by atoms with Gasteiger partial charge in [-0.25, -0.2) is 0 Å². The van der Waals surface area contributed by atoms with E-state index in [9.17, 15) is 9.59 Å². The average Bonchev–Trinajstić information content (AvgIpc) is 3.16. The van der Waals surface area contributed by atoms with Crippen molar-refractivity contribution in [3.8, 4) is 5.75 Å². The van der Waals surface area contributed by atoms with Gasteiger partial charge in [-0.05, 0) is 67.2 Å². The van der Waals surface area contributed by atoms with E-state index >= 15 is 0 Å². The second kappa shape index (κ2) is 14.1. The third-order valence-electron chi connectivity index (χ3n) is 7.77. The van der Waals surface area contributed by atoms with Gasteiger partial charge in [0.1, 0.15) is 5.75 Å². The smallest absolute Gasteiger partial charge is 0.262 e. The molecule has 0 saturated carbocycles. The van der Waals surface area contributed by atoms with Crippen molar-refractivity contribution >= 4 is 20.1 Å². The zero-order chi connectivity index (χ0) is 28.5. The minimum atomic E-state index is -2.05. The predicted octanol–water partition coefficient (Wildman–Crippen LogP) is 7.41. The highest BCUT2D eigenvalue weighted by Gasteiger charge is 2.42. The summed E-state index contributed by atoms with van der Waals surface area (Å²) >= 11 is 0. The molecule has 3 rings (SSSR count). The van der Waals surface area contributed by atoms with Gasteiger partial charge in [-0.3, -0.25) is 14.5 Å². The number of imide groups is 1. The van der Waals surface area contributed by atoms with Crippen LogP contribution in [0.4, 0.5) is 0 Å². The molecule has 1 unspecified atom stereocenters. The van der Waals surface area contributed by atoms with Gasteiger partial charge >= 0.3 is 0 Å². The molecule has 2 aromatic carbocycles. The van der Waals surface area contributed by atoms with Gasteiger partial charge in [0.15, 0.2) is 8.32 Å². The largest absolute Gasteiger partial charge is 0.497 e. The highest BCUT2D eigenvalue weighted by atomic mass is 28.4. The molecule has 1 atom stereocenters. The molecule has 1 aliphatic heterocycles. The topological polar surface area (TPSA) is 65.1 Å². The first-order chi connectivity index (χ1) is 18.5. The number of fused-ring (bicyclic) bond motifs is 1. The zero-order valence-corrected chi connectivity index (χ0v) is 25.5. The van der Waals surface area contributed by atoms with Crippen molar-refractivity contribution in [2.45, 2.75) is 83.7 Å². The summed E-state index contributed by atoms with van der Waals surface area (Å²) in [6, 6.07) is 14.6. The number of nitrogens with zero attached hydrogens (tertiary/aromatic N) is 1. The summed E-state index contributed by atoms with van der Waals surface area (Å²) in [6.45, 7) is 12.6. The van der Waals surface area contributed by atoms with Crippen LogP contribution >= 0.6 is 0 Å². The van der Waals surface area contributed by atoms with Crippen LogP contribution in [0.15, 0.2) is 60.7 Å². The summed E-state index contributed by atoms with van der Waals surface area (Å²) in [5, 5.41) is 0.0433. The maximum atomic E-state index is 13.2. The molecule has 0 radical (unpaired) electrons. The van der Waals surface area contributed by atoms with E-state index in [4.69, 9.17) is 13.9 Å². The molecule has 0 aliphatic carbocycles. The number of benzene rings is 2. The van der Waals surface area contributed by atoms with Gasteiger partial charge in [0.25, 0.3) is 11.8 Å². The summed E-state index contributed by atoms with van der Waals surface area (Å²) in [7, 11) is -0.380. The lowest BCUT2D eigenvalue weighted by molar-refractivity contribution is 0.0569. The van der Waals surface area contributed by atoms with Crippen molar-refractivity contribution in [1.82, 2.24) is 4.90 Å². The van der Waals surface area contributed by atoms with E-state index in [0.717, 1.165) is 50.0 Å². The van der Waals surface area contributed by atoms with Crippen LogP contribution < -0.4 is 4.74 Å². The molecule has 2 amide bonds. The van der Waals surface area contributed by atoms with Gasteiger partial charge in [0, 0.05) is 6.61 Å². The fourth-order valence-corrected chi connectivity index (χ4v) is 5.24. The number of unbranched alkanes of at least 4 members (excludes halogenated alkanes) is 4. The molecular weight excluding hydrogens is 506 g/mol. The number of rotatable bonds is 15. The van der Waals surface area contributed by atoms with Crippen LogP contribution in [0.3, 0.4) is 0 Å². The molecule has 0 spiro atoms. The fraction of sp³-hybridized carbons (Fsp3) is 0.500. The molecule has 6 nitrogen and oxygen atoms in total. The van der Waals surface area contributed by atoms with Crippen LogP contribution in [0.25, 0.3) is 0 Å². The molecule has 1 heterocycles. The van der Waals surface area contributed by atoms with Crippen molar-refractivity contribution in [2.75, 3.05) is 20.3 Å². The van der Waals surface area contributed by atoms with E-state index in [1.54, 1.807) is 31.4 Å². The number of allylic oxidation sites excluding steroid dienone is 1. The van der Waals surface area contributed by atoms with Crippen molar-refractivity contribution in [3.05, 3.63) is 77.4 Å². The van der Waals surface area contributed by atoms with Gasteiger partial charge in [-0.2, -0.15) is 0 Å². The SMILES string of the molecule is COc1ccc(COCCCCCC/C=C\C(CO[Si](C)(C)C(C)(C)C)N2C(=O)c3ccccc3C2=O)cc1. The standard InChI is InChI=1S/C32H45NO5Si/c1-32(2,3)39(5,6)38-24-26(33-30(34)28-16-12-13-17-29(28)31(33)35)15-11-9-7-8-10-14-22-37-23-25-18-20-27(36-4)21-19-25/h11-13,15-21,26H,7-10,14,22-24H2,1-6H3/b15-11-. The monoisotopic (exact) mass is 551 g/mol. The molecular formula is C32H45NO5Si. The normalized spacial score (nSPS) is 14.8. The van der Waals surface area contributed by atoms with Crippen LogP contribution in [0.2, 0.25) is 18.1 Å². The Hall–Kier alpha value is -2.74. The third-order valence-corrected chi connectivity index (χ3v) is 12.3. The number of ether oxygens (including phenoxy) is 2. The Morgan fingerprint density at radius 1 is 0.897 bits per heavy atom. The van der Waals surface area contributed by atoms with Crippen molar-refractivity contribution < 1.29 is 23.5 Å². The quantitative estimate of drug-likeness (QED) is 0.0998. The minimum absolute atomic E-state index is 0.0433.